The molecule has 7 nitrogen and oxygen atoms in total. The SMILES string of the molecule is CNC(=O)[C@H](C)N(Cc1c(Cl)cccc1Cl)C(=O)CN(c1cc(C)cc(C)c1)S(=O)(=O)c1ccc(C)cc1. The summed E-state index contributed by atoms with van der Waals surface area (Å²) in [5.41, 5.74) is 3.39. The summed E-state index contributed by atoms with van der Waals surface area (Å²) in [5.74, 6) is -1.01. The van der Waals surface area contributed by atoms with Gasteiger partial charge in [-0.15, -0.1) is 0 Å². The average Bonchev–Trinajstić information content (AvgIpc) is 2.85. The van der Waals surface area contributed by atoms with Gasteiger partial charge in [-0.2, -0.15) is 0 Å². The molecule has 0 aliphatic rings. The Morgan fingerprint density at radius 1 is 0.895 bits per heavy atom. The van der Waals surface area contributed by atoms with Crippen LogP contribution >= 0.6 is 23.2 Å². The number of anilines is 1. The second-order valence-corrected chi connectivity index (χ2v) is 11.9. The maximum atomic E-state index is 13.9. The molecule has 0 radical (unpaired) electrons. The first-order valence-corrected chi connectivity index (χ1v) is 14.2. The maximum absolute atomic E-state index is 13.9. The van der Waals surface area contributed by atoms with Gasteiger partial charge in [-0.3, -0.25) is 13.9 Å². The van der Waals surface area contributed by atoms with Gasteiger partial charge in [0.15, 0.2) is 0 Å². The van der Waals surface area contributed by atoms with E-state index >= 15 is 0 Å². The van der Waals surface area contributed by atoms with Crippen molar-refractivity contribution in [3.63, 3.8) is 0 Å². The molecule has 0 fully saturated rings. The summed E-state index contributed by atoms with van der Waals surface area (Å²) < 4.78 is 28.9. The Labute approximate surface area is 234 Å². The van der Waals surface area contributed by atoms with Gasteiger partial charge in [-0.1, -0.05) is 53.0 Å². The molecule has 3 rings (SSSR count). The van der Waals surface area contributed by atoms with Gasteiger partial charge in [0.1, 0.15) is 12.6 Å². The number of hydrogen-bond acceptors (Lipinski definition) is 4. The van der Waals surface area contributed by atoms with Crippen LogP contribution in [0.2, 0.25) is 10.0 Å². The number of hydrogen-bond donors (Lipinski definition) is 1. The first-order chi connectivity index (χ1) is 17.8. The highest BCUT2D eigenvalue weighted by Gasteiger charge is 2.33. The molecule has 2 amide bonds. The van der Waals surface area contributed by atoms with Gasteiger partial charge in [-0.05, 0) is 75.2 Å². The van der Waals surface area contributed by atoms with Crippen molar-refractivity contribution in [2.75, 3.05) is 17.9 Å². The zero-order valence-corrected chi connectivity index (χ0v) is 24.3. The van der Waals surface area contributed by atoms with Crippen LogP contribution < -0.4 is 9.62 Å². The lowest BCUT2D eigenvalue weighted by molar-refractivity contribution is -0.139. The lowest BCUT2D eigenvalue weighted by atomic mass is 10.1. The molecule has 0 bridgehead atoms. The van der Waals surface area contributed by atoms with Crippen molar-refractivity contribution in [3.05, 3.63) is 93.0 Å². The van der Waals surface area contributed by atoms with Crippen molar-refractivity contribution < 1.29 is 18.0 Å². The molecule has 3 aromatic rings. The van der Waals surface area contributed by atoms with Crippen molar-refractivity contribution in [2.24, 2.45) is 0 Å². The molecular formula is C28H31Cl2N3O4S. The van der Waals surface area contributed by atoms with Crippen molar-refractivity contribution in [1.82, 2.24) is 10.2 Å². The summed E-state index contributed by atoms with van der Waals surface area (Å²) in [7, 11) is -2.67. The Hall–Kier alpha value is -3.07. The van der Waals surface area contributed by atoms with E-state index in [2.05, 4.69) is 5.32 Å². The summed E-state index contributed by atoms with van der Waals surface area (Å²) in [5, 5.41) is 3.21. The molecule has 0 saturated carbocycles. The van der Waals surface area contributed by atoms with Crippen LogP contribution in [0.25, 0.3) is 0 Å². The van der Waals surface area contributed by atoms with E-state index in [-0.39, 0.29) is 11.4 Å². The summed E-state index contributed by atoms with van der Waals surface area (Å²) >= 11 is 12.7. The molecule has 0 heterocycles. The number of rotatable bonds is 9. The Morgan fingerprint density at radius 2 is 1.45 bits per heavy atom. The first-order valence-electron chi connectivity index (χ1n) is 12.0. The fraction of sp³-hybridized carbons (Fsp3) is 0.286. The number of carbonyl (C=O) groups is 2. The second kappa shape index (κ2) is 12.2. The third-order valence-corrected chi connectivity index (χ3v) is 8.68. The minimum absolute atomic E-state index is 0.0510. The highest BCUT2D eigenvalue weighted by Crippen LogP contribution is 2.29. The normalized spacial score (nSPS) is 12.1. The molecule has 1 atom stereocenters. The van der Waals surface area contributed by atoms with E-state index in [0.29, 0.717) is 21.3 Å². The zero-order valence-electron chi connectivity index (χ0n) is 22.0. The molecule has 0 unspecified atom stereocenters. The Balaban J connectivity index is 2.10. The van der Waals surface area contributed by atoms with Crippen LogP contribution in [0.3, 0.4) is 0 Å². The first kappa shape index (κ1) is 29.5. The minimum atomic E-state index is -4.14. The van der Waals surface area contributed by atoms with Crippen LogP contribution in [-0.2, 0) is 26.2 Å². The number of amides is 2. The Bertz CT molecular complexity index is 1400. The van der Waals surface area contributed by atoms with Crippen molar-refractivity contribution in [2.45, 2.75) is 45.2 Å². The molecule has 38 heavy (non-hydrogen) atoms. The molecule has 0 aromatic heterocycles. The van der Waals surface area contributed by atoms with Crippen LogP contribution in [0, 0.1) is 20.8 Å². The quantitative estimate of drug-likeness (QED) is 0.376. The fourth-order valence-corrected chi connectivity index (χ4v) is 6.02. The van der Waals surface area contributed by atoms with Crippen LogP contribution in [-0.4, -0.2) is 44.8 Å². The number of carbonyl (C=O) groups excluding carboxylic acids is 2. The standard InChI is InChI=1S/C28H31Cl2N3O4S/c1-18-9-11-23(12-10-18)38(36,37)33(22-14-19(2)13-20(3)15-22)17-27(34)32(21(4)28(35)31-5)16-24-25(29)7-6-8-26(24)30/h6-15,21H,16-17H2,1-5H3,(H,31,35)/t21-/m0/s1. The largest absolute Gasteiger partial charge is 0.357 e. The van der Waals surface area contributed by atoms with Gasteiger partial charge in [0.25, 0.3) is 10.0 Å². The van der Waals surface area contributed by atoms with Crippen LogP contribution in [0.15, 0.2) is 65.6 Å². The fourth-order valence-electron chi connectivity index (χ4n) is 4.11. The topological polar surface area (TPSA) is 86.8 Å². The van der Waals surface area contributed by atoms with E-state index in [1.807, 2.05) is 26.8 Å². The molecule has 0 spiro atoms. The van der Waals surface area contributed by atoms with Crippen molar-refractivity contribution in [3.8, 4) is 0 Å². The zero-order chi connectivity index (χ0) is 28.2. The van der Waals surface area contributed by atoms with Gasteiger partial charge in [0.2, 0.25) is 11.8 Å². The van der Waals surface area contributed by atoms with Gasteiger partial charge in [0.05, 0.1) is 10.6 Å². The molecule has 10 heteroatoms. The van der Waals surface area contributed by atoms with E-state index in [4.69, 9.17) is 23.2 Å². The van der Waals surface area contributed by atoms with E-state index < -0.39 is 34.4 Å². The highest BCUT2D eigenvalue weighted by atomic mass is 35.5. The third-order valence-electron chi connectivity index (χ3n) is 6.19. The third kappa shape index (κ3) is 6.67. The molecule has 1 N–H and O–H groups in total. The van der Waals surface area contributed by atoms with Crippen LogP contribution in [0.4, 0.5) is 5.69 Å². The van der Waals surface area contributed by atoms with E-state index in [0.717, 1.165) is 21.0 Å². The molecule has 0 saturated heterocycles. The molecule has 0 aliphatic heterocycles. The molecule has 202 valence electrons. The molecule has 0 aliphatic carbocycles. The molecular weight excluding hydrogens is 545 g/mol. The number of sulfonamides is 1. The van der Waals surface area contributed by atoms with E-state index in [1.54, 1.807) is 49.4 Å². The average molecular weight is 577 g/mol. The van der Waals surface area contributed by atoms with Gasteiger partial charge >= 0.3 is 0 Å². The monoisotopic (exact) mass is 575 g/mol. The number of aryl methyl sites for hydroxylation is 3. The minimum Gasteiger partial charge on any atom is -0.357 e. The highest BCUT2D eigenvalue weighted by molar-refractivity contribution is 7.92. The lowest BCUT2D eigenvalue weighted by Crippen LogP contribution is -2.50. The van der Waals surface area contributed by atoms with E-state index in [9.17, 15) is 18.0 Å². The number of nitrogens with one attached hydrogen (secondary N) is 1. The van der Waals surface area contributed by atoms with Crippen LogP contribution in [0.5, 0.6) is 0 Å². The summed E-state index contributed by atoms with van der Waals surface area (Å²) in [6.07, 6.45) is 0. The second-order valence-electron chi connectivity index (χ2n) is 9.18. The van der Waals surface area contributed by atoms with Crippen molar-refractivity contribution in [1.29, 1.82) is 0 Å². The summed E-state index contributed by atoms with van der Waals surface area (Å²) in [6.45, 7) is 6.51. The number of halogens is 2. The predicted molar refractivity (Wildman–Crippen MR) is 152 cm³/mol. The number of benzene rings is 3. The lowest BCUT2D eigenvalue weighted by Gasteiger charge is -2.32. The van der Waals surface area contributed by atoms with Crippen molar-refractivity contribution >= 4 is 50.7 Å². The molecule has 3 aromatic carbocycles. The smallest absolute Gasteiger partial charge is 0.264 e. The predicted octanol–water partition coefficient (Wildman–Crippen LogP) is 5.28. The van der Waals surface area contributed by atoms with Gasteiger partial charge in [0, 0.05) is 29.2 Å². The van der Waals surface area contributed by atoms with Gasteiger partial charge in [-0.25, -0.2) is 8.42 Å². The van der Waals surface area contributed by atoms with Gasteiger partial charge < -0.3 is 10.2 Å². The summed E-state index contributed by atoms with van der Waals surface area (Å²) in [6, 6.07) is 15.8. The van der Waals surface area contributed by atoms with E-state index in [1.165, 1.54) is 24.1 Å². The maximum Gasteiger partial charge on any atom is 0.264 e. The Morgan fingerprint density at radius 3 is 1.97 bits per heavy atom. The Kier molecular flexibility index (Phi) is 9.46. The number of nitrogens with zero attached hydrogens (tertiary/aromatic N) is 2. The summed E-state index contributed by atoms with van der Waals surface area (Å²) in [4.78, 5) is 27.8. The number of likely N-dealkylation sites (N-methyl/N-ethyl adjacent to an activating group) is 1. The van der Waals surface area contributed by atoms with Crippen LogP contribution in [0.1, 0.15) is 29.2 Å².